The Morgan fingerprint density at radius 2 is 1.77 bits per heavy atom. The average molecular weight is 430 g/mol. The van der Waals surface area contributed by atoms with Crippen LogP contribution in [0.3, 0.4) is 0 Å². The van der Waals surface area contributed by atoms with Crippen LogP contribution in [0.5, 0.6) is 0 Å². The first kappa shape index (κ1) is 22.0. The van der Waals surface area contributed by atoms with E-state index in [4.69, 9.17) is 5.14 Å². The van der Waals surface area contributed by atoms with Gasteiger partial charge in [0.1, 0.15) is 0 Å². The molecule has 0 aliphatic heterocycles. The Bertz CT molecular complexity index is 1030. The summed E-state index contributed by atoms with van der Waals surface area (Å²) in [5, 5.41) is 8.17. The largest absolute Gasteiger partial charge is 0.356 e. The zero-order valence-electron chi connectivity index (χ0n) is 17.2. The van der Waals surface area contributed by atoms with Crippen LogP contribution in [0.1, 0.15) is 36.5 Å². The lowest BCUT2D eigenvalue weighted by Crippen LogP contribution is -2.36. The molecule has 8 heteroatoms. The number of primary sulfonamides is 1. The van der Waals surface area contributed by atoms with Gasteiger partial charge in [0.25, 0.3) is 5.91 Å². The first-order chi connectivity index (χ1) is 14.2. The zero-order chi connectivity index (χ0) is 21.9. The van der Waals surface area contributed by atoms with E-state index in [1.54, 1.807) is 54.4 Å². The van der Waals surface area contributed by atoms with Gasteiger partial charge in [-0.3, -0.25) is 9.59 Å². The molecule has 0 saturated heterocycles. The number of hydrogen-bond donors (Lipinski definition) is 2. The van der Waals surface area contributed by atoms with Gasteiger partial charge >= 0.3 is 0 Å². The zero-order valence-corrected chi connectivity index (χ0v) is 18.0. The molecule has 1 fully saturated rings. The number of hydrogen-bond acceptors (Lipinski definition) is 4. The summed E-state index contributed by atoms with van der Waals surface area (Å²) in [5.41, 5.74) is 1.67. The van der Waals surface area contributed by atoms with Crippen molar-refractivity contribution in [2.75, 3.05) is 13.6 Å². The monoisotopic (exact) mass is 429 g/mol. The summed E-state index contributed by atoms with van der Waals surface area (Å²) < 4.78 is 23.7. The fourth-order valence-corrected chi connectivity index (χ4v) is 4.74. The molecule has 0 heterocycles. The maximum Gasteiger partial charge on any atom is 0.253 e. The van der Waals surface area contributed by atoms with Crippen LogP contribution < -0.4 is 10.5 Å². The summed E-state index contributed by atoms with van der Waals surface area (Å²) in [6, 6.07) is 13.3. The van der Waals surface area contributed by atoms with Gasteiger partial charge in [-0.2, -0.15) is 0 Å². The molecule has 2 aromatic carbocycles. The third-order valence-corrected chi connectivity index (χ3v) is 6.60. The van der Waals surface area contributed by atoms with Crippen LogP contribution in [-0.4, -0.2) is 44.8 Å². The lowest BCUT2D eigenvalue weighted by atomic mass is 10.0. The van der Waals surface area contributed by atoms with Gasteiger partial charge in [0, 0.05) is 36.7 Å². The summed E-state index contributed by atoms with van der Waals surface area (Å²) in [6.45, 7) is 2.50. The number of carbonyl (C=O) groups excluding carboxylic acids is 2. The highest BCUT2D eigenvalue weighted by molar-refractivity contribution is 7.89. The lowest BCUT2D eigenvalue weighted by Gasteiger charge is -2.25. The van der Waals surface area contributed by atoms with Gasteiger partial charge in [-0.1, -0.05) is 30.3 Å². The minimum atomic E-state index is -3.86. The average Bonchev–Trinajstić information content (AvgIpc) is 3.23. The maximum atomic E-state index is 12.9. The van der Waals surface area contributed by atoms with E-state index in [0.717, 1.165) is 12.8 Å². The van der Waals surface area contributed by atoms with Crippen LogP contribution in [0.25, 0.3) is 11.1 Å². The summed E-state index contributed by atoms with van der Waals surface area (Å²) in [7, 11) is -2.10. The van der Waals surface area contributed by atoms with Gasteiger partial charge in [0.05, 0.1) is 4.90 Å². The van der Waals surface area contributed by atoms with Gasteiger partial charge in [-0.05, 0) is 49.9 Å². The minimum Gasteiger partial charge on any atom is -0.356 e. The smallest absolute Gasteiger partial charge is 0.253 e. The molecule has 7 nitrogen and oxygen atoms in total. The van der Waals surface area contributed by atoms with Crippen molar-refractivity contribution in [2.24, 2.45) is 11.1 Å². The second kappa shape index (κ2) is 8.97. The quantitative estimate of drug-likeness (QED) is 0.735. The SMILES string of the molecule is CCNC(=O)C1CCC(N(C)C(=O)c2ccc(-c3ccccc3S(N)(=O)=O)cc2)C1. The number of carbonyl (C=O) groups is 2. The van der Waals surface area contributed by atoms with Crippen molar-refractivity contribution in [1.82, 2.24) is 10.2 Å². The summed E-state index contributed by atoms with van der Waals surface area (Å²) >= 11 is 0. The Morgan fingerprint density at radius 1 is 1.10 bits per heavy atom. The van der Waals surface area contributed by atoms with E-state index in [1.165, 1.54) is 6.07 Å². The fraction of sp³-hybridized carbons (Fsp3) is 0.364. The molecular formula is C22H27N3O4S. The fourth-order valence-electron chi connectivity index (χ4n) is 3.98. The predicted molar refractivity (Wildman–Crippen MR) is 115 cm³/mol. The Kier molecular flexibility index (Phi) is 6.58. The number of benzene rings is 2. The Labute approximate surface area is 177 Å². The first-order valence-corrected chi connectivity index (χ1v) is 11.5. The molecule has 2 atom stereocenters. The van der Waals surface area contributed by atoms with Crippen molar-refractivity contribution >= 4 is 21.8 Å². The molecule has 0 spiro atoms. The molecule has 2 unspecified atom stereocenters. The minimum absolute atomic E-state index is 0.0212. The Hall–Kier alpha value is -2.71. The van der Waals surface area contributed by atoms with E-state index >= 15 is 0 Å². The lowest BCUT2D eigenvalue weighted by molar-refractivity contribution is -0.124. The summed E-state index contributed by atoms with van der Waals surface area (Å²) in [4.78, 5) is 26.7. The molecule has 2 amide bonds. The van der Waals surface area contributed by atoms with Crippen LogP contribution in [0, 0.1) is 5.92 Å². The molecule has 3 N–H and O–H groups in total. The molecular weight excluding hydrogens is 402 g/mol. The van der Waals surface area contributed by atoms with Gasteiger partial charge in [0.2, 0.25) is 15.9 Å². The molecule has 0 radical (unpaired) electrons. The molecule has 0 bridgehead atoms. The normalized spacial score (nSPS) is 18.8. The molecule has 1 saturated carbocycles. The third-order valence-electron chi connectivity index (χ3n) is 5.63. The van der Waals surface area contributed by atoms with Gasteiger partial charge in [0.15, 0.2) is 0 Å². The Morgan fingerprint density at radius 3 is 2.40 bits per heavy atom. The molecule has 2 aromatic rings. The van der Waals surface area contributed by atoms with E-state index in [1.807, 2.05) is 6.92 Å². The van der Waals surface area contributed by atoms with Gasteiger partial charge in [-0.25, -0.2) is 13.6 Å². The third kappa shape index (κ3) is 4.71. The highest BCUT2D eigenvalue weighted by atomic mass is 32.2. The first-order valence-electron chi connectivity index (χ1n) is 9.99. The van der Waals surface area contributed by atoms with Crippen LogP contribution in [-0.2, 0) is 14.8 Å². The van der Waals surface area contributed by atoms with Crippen molar-refractivity contribution in [3.8, 4) is 11.1 Å². The number of nitrogens with one attached hydrogen (secondary N) is 1. The van der Waals surface area contributed by atoms with E-state index in [0.29, 0.717) is 29.7 Å². The molecule has 1 aliphatic rings. The molecule has 30 heavy (non-hydrogen) atoms. The number of amides is 2. The summed E-state index contributed by atoms with van der Waals surface area (Å²) in [6.07, 6.45) is 2.23. The number of nitrogens with two attached hydrogens (primary N) is 1. The summed E-state index contributed by atoms with van der Waals surface area (Å²) in [5.74, 6) is -0.121. The Balaban J connectivity index is 1.74. The van der Waals surface area contributed by atoms with Crippen LogP contribution in [0.15, 0.2) is 53.4 Å². The highest BCUT2D eigenvalue weighted by Crippen LogP contribution is 2.30. The van der Waals surface area contributed by atoms with Gasteiger partial charge in [-0.15, -0.1) is 0 Å². The number of rotatable bonds is 6. The van der Waals surface area contributed by atoms with Crippen molar-refractivity contribution < 1.29 is 18.0 Å². The van der Waals surface area contributed by atoms with Crippen molar-refractivity contribution in [3.63, 3.8) is 0 Å². The topological polar surface area (TPSA) is 110 Å². The highest BCUT2D eigenvalue weighted by Gasteiger charge is 2.33. The van der Waals surface area contributed by atoms with Gasteiger partial charge < -0.3 is 10.2 Å². The maximum absolute atomic E-state index is 12.9. The van der Waals surface area contributed by atoms with E-state index < -0.39 is 10.0 Å². The van der Waals surface area contributed by atoms with E-state index in [-0.39, 0.29) is 28.7 Å². The standard InChI is InChI=1S/C22H27N3O4S/c1-3-24-21(26)17-12-13-18(14-17)25(2)22(27)16-10-8-15(9-11-16)19-6-4-5-7-20(19)30(23,28)29/h4-11,17-18H,3,12-14H2,1-2H3,(H,24,26)(H2,23,28,29). The molecule has 3 rings (SSSR count). The number of nitrogens with zero attached hydrogens (tertiary/aromatic N) is 1. The number of sulfonamides is 1. The second-order valence-corrected chi connectivity index (χ2v) is 9.12. The van der Waals surface area contributed by atoms with Crippen molar-refractivity contribution in [3.05, 3.63) is 54.1 Å². The van der Waals surface area contributed by atoms with Crippen molar-refractivity contribution in [1.29, 1.82) is 0 Å². The van der Waals surface area contributed by atoms with E-state index in [2.05, 4.69) is 5.32 Å². The van der Waals surface area contributed by atoms with Crippen LogP contribution in [0.4, 0.5) is 0 Å². The molecule has 160 valence electrons. The van der Waals surface area contributed by atoms with Crippen molar-refractivity contribution in [2.45, 2.75) is 37.1 Å². The molecule has 0 aromatic heterocycles. The predicted octanol–water partition coefficient (Wildman–Crippen LogP) is 2.38. The van der Waals surface area contributed by atoms with Crippen LogP contribution in [0.2, 0.25) is 0 Å². The van der Waals surface area contributed by atoms with Crippen LogP contribution >= 0.6 is 0 Å². The second-order valence-electron chi connectivity index (χ2n) is 7.59. The molecule has 1 aliphatic carbocycles. The van der Waals surface area contributed by atoms with E-state index in [9.17, 15) is 18.0 Å².